The van der Waals surface area contributed by atoms with Gasteiger partial charge < -0.3 is 10.2 Å². The topological polar surface area (TPSA) is 49.4 Å². The molecular formula is C17H21FN2O2. The number of amides is 2. The van der Waals surface area contributed by atoms with Crippen LogP contribution in [0, 0.1) is 5.82 Å². The number of halogens is 1. The zero-order chi connectivity index (χ0) is 16.1. The summed E-state index contributed by atoms with van der Waals surface area (Å²) in [6, 6.07) is 6.16. The lowest BCUT2D eigenvalue weighted by Crippen LogP contribution is -2.45. The second kappa shape index (κ2) is 7.20. The van der Waals surface area contributed by atoms with E-state index in [9.17, 15) is 14.0 Å². The number of benzene rings is 1. The number of hydrogen-bond acceptors (Lipinski definition) is 2. The van der Waals surface area contributed by atoms with E-state index < -0.39 is 0 Å². The van der Waals surface area contributed by atoms with Gasteiger partial charge >= 0.3 is 0 Å². The van der Waals surface area contributed by atoms with Crippen LogP contribution in [0.1, 0.15) is 32.3 Å². The van der Waals surface area contributed by atoms with Gasteiger partial charge in [0.15, 0.2) is 0 Å². The van der Waals surface area contributed by atoms with Crippen molar-refractivity contribution in [2.24, 2.45) is 0 Å². The summed E-state index contributed by atoms with van der Waals surface area (Å²) in [7, 11) is 0. The van der Waals surface area contributed by atoms with Crippen LogP contribution in [0.3, 0.4) is 0 Å². The third-order valence-electron chi connectivity index (χ3n) is 3.93. The fraction of sp³-hybridized carbons (Fsp3) is 0.412. The van der Waals surface area contributed by atoms with Gasteiger partial charge in [-0.25, -0.2) is 4.39 Å². The Bertz CT molecular complexity index is 573. The Morgan fingerprint density at radius 1 is 1.18 bits per heavy atom. The zero-order valence-corrected chi connectivity index (χ0v) is 12.9. The fourth-order valence-corrected chi connectivity index (χ4v) is 2.57. The molecule has 1 aliphatic rings. The van der Waals surface area contributed by atoms with E-state index in [4.69, 9.17) is 0 Å². The average Bonchev–Trinajstić information content (AvgIpc) is 2.48. The first-order valence-electron chi connectivity index (χ1n) is 7.46. The first kappa shape index (κ1) is 16.2. The van der Waals surface area contributed by atoms with Crippen LogP contribution in [-0.4, -0.2) is 35.8 Å². The molecule has 1 aromatic rings. The second-order valence-corrected chi connectivity index (χ2v) is 5.62. The minimum absolute atomic E-state index is 0.0804. The Morgan fingerprint density at radius 2 is 1.77 bits per heavy atom. The number of hydrogen-bond donors (Lipinski definition) is 1. The van der Waals surface area contributed by atoms with Crippen molar-refractivity contribution in [3.63, 3.8) is 0 Å². The molecule has 1 aromatic carbocycles. The van der Waals surface area contributed by atoms with Crippen LogP contribution in [-0.2, 0) is 9.59 Å². The molecule has 1 aliphatic heterocycles. The van der Waals surface area contributed by atoms with E-state index in [1.54, 1.807) is 24.0 Å². The molecule has 0 aromatic heterocycles. The predicted molar refractivity (Wildman–Crippen MR) is 83.5 cm³/mol. The lowest BCUT2D eigenvalue weighted by atomic mass is 10.0. The smallest absolute Gasteiger partial charge is 0.244 e. The number of piperidine rings is 1. The monoisotopic (exact) mass is 304 g/mol. The largest absolute Gasteiger partial charge is 0.350 e. The summed E-state index contributed by atoms with van der Waals surface area (Å²) in [6.45, 7) is 4.75. The molecule has 2 rings (SSSR count). The van der Waals surface area contributed by atoms with Crippen molar-refractivity contribution >= 4 is 17.4 Å². The van der Waals surface area contributed by atoms with E-state index in [0.717, 1.165) is 24.0 Å². The molecule has 5 heteroatoms. The van der Waals surface area contributed by atoms with Crippen LogP contribution in [0.5, 0.6) is 0 Å². The maximum absolute atomic E-state index is 12.9. The molecule has 1 heterocycles. The molecule has 1 N–H and O–H groups in total. The Hall–Kier alpha value is -2.17. The first-order valence-corrected chi connectivity index (χ1v) is 7.46. The maximum atomic E-state index is 12.9. The van der Waals surface area contributed by atoms with Crippen LogP contribution >= 0.6 is 0 Å². The molecule has 2 amide bonds. The minimum atomic E-state index is -0.293. The lowest BCUT2D eigenvalue weighted by Gasteiger charge is -2.31. The van der Waals surface area contributed by atoms with Crippen molar-refractivity contribution in [3.8, 4) is 0 Å². The number of allylic oxidation sites excluding steroid dienone is 1. The number of carbonyl (C=O) groups is 2. The summed E-state index contributed by atoms with van der Waals surface area (Å²) >= 11 is 0. The summed E-state index contributed by atoms with van der Waals surface area (Å²) in [5, 5.41) is 2.96. The molecule has 0 bridgehead atoms. The van der Waals surface area contributed by atoms with Gasteiger partial charge in [-0.15, -0.1) is 0 Å². The molecule has 22 heavy (non-hydrogen) atoms. The molecule has 0 radical (unpaired) electrons. The van der Waals surface area contributed by atoms with Crippen molar-refractivity contribution in [1.82, 2.24) is 10.2 Å². The van der Waals surface area contributed by atoms with Crippen molar-refractivity contribution in [3.05, 3.63) is 41.7 Å². The van der Waals surface area contributed by atoms with E-state index in [-0.39, 0.29) is 23.7 Å². The highest BCUT2D eigenvalue weighted by molar-refractivity contribution is 5.95. The van der Waals surface area contributed by atoms with E-state index in [1.807, 2.05) is 6.92 Å². The highest BCUT2D eigenvalue weighted by Gasteiger charge is 2.21. The predicted octanol–water partition coefficient (Wildman–Crippen LogP) is 2.36. The van der Waals surface area contributed by atoms with Crippen LogP contribution in [0.25, 0.3) is 5.57 Å². The summed E-state index contributed by atoms with van der Waals surface area (Å²) < 4.78 is 12.9. The number of likely N-dealkylation sites (tertiary alicyclic amines) is 1. The van der Waals surface area contributed by atoms with Gasteiger partial charge in [0.2, 0.25) is 11.8 Å². The molecule has 4 nitrogen and oxygen atoms in total. The highest BCUT2D eigenvalue weighted by atomic mass is 19.1. The number of rotatable bonds is 3. The van der Waals surface area contributed by atoms with E-state index in [2.05, 4.69) is 5.32 Å². The Balaban J connectivity index is 1.89. The van der Waals surface area contributed by atoms with Crippen LogP contribution < -0.4 is 5.32 Å². The molecule has 0 spiro atoms. The summed E-state index contributed by atoms with van der Waals surface area (Å²) in [5.41, 5.74) is 1.61. The van der Waals surface area contributed by atoms with Crippen LogP contribution in [0.15, 0.2) is 30.3 Å². The summed E-state index contributed by atoms with van der Waals surface area (Å²) in [4.78, 5) is 25.1. The normalized spacial score (nSPS) is 16.5. The SMILES string of the molecule is CC(=O)N1CCC(NC(=O)C=C(C)c2ccc(F)cc2)CC1. The van der Waals surface area contributed by atoms with Crippen LogP contribution in [0.4, 0.5) is 4.39 Å². The molecule has 118 valence electrons. The van der Waals surface area contributed by atoms with Gasteiger partial charge in [-0.05, 0) is 43.0 Å². The highest BCUT2D eigenvalue weighted by Crippen LogP contribution is 2.15. The standard InChI is InChI=1S/C17H21FN2O2/c1-12(14-3-5-15(18)6-4-14)11-17(22)19-16-7-9-20(10-8-16)13(2)21/h3-6,11,16H,7-10H2,1-2H3,(H,19,22). The Kier molecular flexibility index (Phi) is 5.31. The third kappa shape index (κ3) is 4.41. The van der Waals surface area contributed by atoms with E-state index in [1.165, 1.54) is 18.2 Å². The van der Waals surface area contributed by atoms with Crippen molar-refractivity contribution in [2.45, 2.75) is 32.7 Å². The first-order chi connectivity index (χ1) is 10.5. The lowest BCUT2D eigenvalue weighted by molar-refractivity contribution is -0.129. The van der Waals surface area contributed by atoms with Gasteiger partial charge in [-0.3, -0.25) is 9.59 Å². The molecule has 0 atom stereocenters. The van der Waals surface area contributed by atoms with Crippen molar-refractivity contribution in [2.75, 3.05) is 13.1 Å². The van der Waals surface area contributed by atoms with Crippen LogP contribution in [0.2, 0.25) is 0 Å². The average molecular weight is 304 g/mol. The van der Waals surface area contributed by atoms with Gasteiger partial charge in [0.05, 0.1) is 0 Å². The van der Waals surface area contributed by atoms with Gasteiger partial charge in [-0.1, -0.05) is 12.1 Å². The Labute approximate surface area is 130 Å². The molecular weight excluding hydrogens is 283 g/mol. The molecule has 0 saturated carbocycles. The molecule has 1 fully saturated rings. The van der Waals surface area contributed by atoms with Gasteiger partial charge in [-0.2, -0.15) is 0 Å². The number of nitrogens with zero attached hydrogens (tertiary/aromatic N) is 1. The van der Waals surface area contributed by atoms with Gasteiger partial charge in [0.1, 0.15) is 5.82 Å². The molecule has 0 aliphatic carbocycles. The second-order valence-electron chi connectivity index (χ2n) is 5.62. The molecule has 0 unspecified atom stereocenters. The minimum Gasteiger partial charge on any atom is -0.350 e. The quantitative estimate of drug-likeness (QED) is 0.872. The van der Waals surface area contributed by atoms with Crippen molar-refractivity contribution < 1.29 is 14.0 Å². The van der Waals surface area contributed by atoms with E-state index >= 15 is 0 Å². The summed E-state index contributed by atoms with van der Waals surface area (Å²) in [6.07, 6.45) is 3.08. The fourth-order valence-electron chi connectivity index (χ4n) is 2.57. The molecule has 1 saturated heterocycles. The number of nitrogens with one attached hydrogen (secondary N) is 1. The zero-order valence-electron chi connectivity index (χ0n) is 12.9. The van der Waals surface area contributed by atoms with Crippen molar-refractivity contribution in [1.29, 1.82) is 0 Å². The third-order valence-corrected chi connectivity index (χ3v) is 3.93. The maximum Gasteiger partial charge on any atom is 0.244 e. The Morgan fingerprint density at radius 3 is 2.32 bits per heavy atom. The van der Waals surface area contributed by atoms with E-state index in [0.29, 0.717) is 13.1 Å². The van der Waals surface area contributed by atoms with Gasteiger partial charge in [0.25, 0.3) is 0 Å². The van der Waals surface area contributed by atoms with Gasteiger partial charge in [0, 0.05) is 32.1 Å². The summed E-state index contributed by atoms with van der Waals surface area (Å²) in [5.74, 6) is -0.363. The number of carbonyl (C=O) groups excluding carboxylic acids is 2.